The molecule has 14 heavy (non-hydrogen) atoms. The number of unbranched alkanes of at least 4 members (excludes halogenated alkanes) is 3. The Morgan fingerprint density at radius 3 is 2.71 bits per heavy atom. The van der Waals surface area contributed by atoms with E-state index >= 15 is 0 Å². The average Bonchev–Trinajstić information content (AvgIpc) is 2.59. The fraction of sp³-hybridized carbons (Fsp3) is 0.667. The van der Waals surface area contributed by atoms with Crippen LogP contribution in [0.25, 0.3) is 0 Å². The highest BCUT2D eigenvalue weighted by Gasteiger charge is 2.12. The van der Waals surface area contributed by atoms with Crippen molar-refractivity contribution in [1.29, 1.82) is 0 Å². The van der Waals surface area contributed by atoms with Gasteiger partial charge in [0.05, 0.1) is 6.26 Å². The smallest absolute Gasteiger partial charge is 0.135 e. The van der Waals surface area contributed by atoms with E-state index in [-0.39, 0.29) is 0 Å². The lowest BCUT2D eigenvalue weighted by Gasteiger charge is -2.08. The Labute approximate surface area is 85.9 Å². The standard InChI is InChI=1S/C12H20O2/c1-3-4-5-6-7-11(13)12-10(2)8-9-14-12/h8-9,11,13H,3-7H2,1-2H3. The summed E-state index contributed by atoms with van der Waals surface area (Å²) in [5.74, 6) is 0.737. The molecule has 0 fully saturated rings. The van der Waals surface area contributed by atoms with Gasteiger partial charge in [-0.1, -0.05) is 32.6 Å². The first-order valence-corrected chi connectivity index (χ1v) is 5.47. The summed E-state index contributed by atoms with van der Waals surface area (Å²) in [7, 11) is 0. The molecule has 0 spiro atoms. The molecule has 1 atom stereocenters. The zero-order valence-corrected chi connectivity index (χ0v) is 9.12. The molecular weight excluding hydrogens is 176 g/mol. The molecule has 1 aromatic rings. The first-order valence-electron chi connectivity index (χ1n) is 5.47. The Kier molecular flexibility index (Phi) is 4.74. The van der Waals surface area contributed by atoms with Gasteiger partial charge in [0.15, 0.2) is 0 Å². The summed E-state index contributed by atoms with van der Waals surface area (Å²) < 4.78 is 5.23. The molecule has 1 unspecified atom stereocenters. The summed E-state index contributed by atoms with van der Waals surface area (Å²) in [4.78, 5) is 0. The lowest BCUT2D eigenvalue weighted by Crippen LogP contribution is -1.97. The molecule has 0 amide bonds. The molecule has 0 aliphatic heterocycles. The molecule has 2 nitrogen and oxygen atoms in total. The van der Waals surface area contributed by atoms with Crippen molar-refractivity contribution in [3.8, 4) is 0 Å². The molecule has 0 saturated heterocycles. The molecule has 0 saturated carbocycles. The van der Waals surface area contributed by atoms with Gasteiger partial charge in [0, 0.05) is 0 Å². The van der Waals surface area contributed by atoms with Gasteiger partial charge in [-0.05, 0) is 25.0 Å². The van der Waals surface area contributed by atoms with Crippen molar-refractivity contribution < 1.29 is 9.52 Å². The largest absolute Gasteiger partial charge is 0.466 e. The van der Waals surface area contributed by atoms with Gasteiger partial charge in [-0.25, -0.2) is 0 Å². The number of hydrogen-bond acceptors (Lipinski definition) is 2. The number of aliphatic hydroxyl groups is 1. The number of aliphatic hydroxyl groups excluding tert-OH is 1. The number of rotatable bonds is 6. The van der Waals surface area contributed by atoms with E-state index in [1.165, 1.54) is 19.3 Å². The van der Waals surface area contributed by atoms with E-state index in [2.05, 4.69) is 6.92 Å². The third kappa shape index (κ3) is 3.18. The van der Waals surface area contributed by atoms with Crippen LogP contribution in [0.4, 0.5) is 0 Å². The number of aryl methyl sites for hydroxylation is 1. The second kappa shape index (κ2) is 5.86. The highest BCUT2D eigenvalue weighted by molar-refractivity contribution is 5.16. The van der Waals surface area contributed by atoms with Gasteiger partial charge in [-0.3, -0.25) is 0 Å². The van der Waals surface area contributed by atoms with Crippen molar-refractivity contribution in [3.05, 3.63) is 23.7 Å². The molecule has 0 radical (unpaired) electrons. The second-order valence-electron chi connectivity index (χ2n) is 3.83. The topological polar surface area (TPSA) is 33.4 Å². The zero-order valence-electron chi connectivity index (χ0n) is 9.12. The molecule has 2 heteroatoms. The minimum atomic E-state index is -0.415. The van der Waals surface area contributed by atoms with Crippen molar-refractivity contribution in [2.75, 3.05) is 0 Å². The average molecular weight is 196 g/mol. The monoisotopic (exact) mass is 196 g/mol. The Morgan fingerprint density at radius 1 is 1.36 bits per heavy atom. The molecule has 1 heterocycles. The van der Waals surface area contributed by atoms with Crippen LogP contribution in [0.3, 0.4) is 0 Å². The maximum absolute atomic E-state index is 9.80. The minimum absolute atomic E-state index is 0.415. The molecule has 0 aromatic carbocycles. The molecule has 0 aliphatic rings. The maximum Gasteiger partial charge on any atom is 0.135 e. The first-order chi connectivity index (χ1) is 6.75. The highest BCUT2D eigenvalue weighted by atomic mass is 16.4. The van der Waals surface area contributed by atoms with Gasteiger partial charge in [-0.2, -0.15) is 0 Å². The molecule has 0 aliphatic carbocycles. The van der Waals surface area contributed by atoms with Crippen LogP contribution in [0.15, 0.2) is 16.7 Å². The van der Waals surface area contributed by atoms with Crippen LogP contribution in [0.1, 0.15) is 56.5 Å². The van der Waals surface area contributed by atoms with Gasteiger partial charge < -0.3 is 9.52 Å². The molecule has 0 bridgehead atoms. The van der Waals surface area contributed by atoms with E-state index in [9.17, 15) is 5.11 Å². The quantitative estimate of drug-likeness (QED) is 0.705. The van der Waals surface area contributed by atoms with Crippen molar-refractivity contribution in [2.24, 2.45) is 0 Å². The van der Waals surface area contributed by atoms with Gasteiger partial charge in [0.1, 0.15) is 11.9 Å². The molecular formula is C12H20O2. The van der Waals surface area contributed by atoms with Crippen molar-refractivity contribution in [1.82, 2.24) is 0 Å². The van der Waals surface area contributed by atoms with Crippen LogP contribution in [0.2, 0.25) is 0 Å². The van der Waals surface area contributed by atoms with E-state index in [1.807, 2.05) is 13.0 Å². The summed E-state index contributed by atoms with van der Waals surface area (Å²) in [5.41, 5.74) is 1.05. The van der Waals surface area contributed by atoms with Crippen LogP contribution in [-0.4, -0.2) is 5.11 Å². The van der Waals surface area contributed by atoms with Crippen LogP contribution in [-0.2, 0) is 0 Å². The Hall–Kier alpha value is -0.760. The second-order valence-corrected chi connectivity index (χ2v) is 3.83. The minimum Gasteiger partial charge on any atom is -0.466 e. The predicted molar refractivity (Wildman–Crippen MR) is 57.2 cm³/mol. The molecule has 1 N–H and O–H groups in total. The van der Waals surface area contributed by atoms with Crippen LogP contribution < -0.4 is 0 Å². The Balaban J connectivity index is 2.28. The van der Waals surface area contributed by atoms with Crippen LogP contribution in [0, 0.1) is 6.92 Å². The van der Waals surface area contributed by atoms with E-state index in [0.717, 1.165) is 24.2 Å². The Morgan fingerprint density at radius 2 is 2.14 bits per heavy atom. The lowest BCUT2D eigenvalue weighted by atomic mass is 10.1. The van der Waals surface area contributed by atoms with E-state index in [1.54, 1.807) is 6.26 Å². The molecule has 1 rings (SSSR count). The summed E-state index contributed by atoms with van der Waals surface area (Å²) in [6.45, 7) is 4.15. The lowest BCUT2D eigenvalue weighted by molar-refractivity contribution is 0.136. The zero-order chi connectivity index (χ0) is 10.4. The van der Waals surface area contributed by atoms with Crippen LogP contribution in [0.5, 0.6) is 0 Å². The SMILES string of the molecule is CCCCCCC(O)c1occc1C. The fourth-order valence-corrected chi connectivity index (χ4v) is 1.62. The van der Waals surface area contributed by atoms with E-state index in [4.69, 9.17) is 4.42 Å². The van der Waals surface area contributed by atoms with E-state index in [0.29, 0.717) is 0 Å². The number of furan rings is 1. The van der Waals surface area contributed by atoms with Crippen molar-refractivity contribution >= 4 is 0 Å². The molecule has 1 aromatic heterocycles. The third-order valence-corrected chi connectivity index (χ3v) is 2.54. The highest BCUT2D eigenvalue weighted by Crippen LogP contribution is 2.23. The summed E-state index contributed by atoms with van der Waals surface area (Å²) in [5, 5.41) is 9.80. The molecule has 80 valence electrons. The van der Waals surface area contributed by atoms with Crippen molar-refractivity contribution in [3.63, 3.8) is 0 Å². The normalized spacial score (nSPS) is 13.1. The van der Waals surface area contributed by atoms with Gasteiger partial charge in [0.2, 0.25) is 0 Å². The van der Waals surface area contributed by atoms with Crippen molar-refractivity contribution in [2.45, 2.75) is 52.1 Å². The third-order valence-electron chi connectivity index (χ3n) is 2.54. The number of hydrogen-bond donors (Lipinski definition) is 1. The summed E-state index contributed by atoms with van der Waals surface area (Å²) >= 11 is 0. The predicted octanol–water partition coefficient (Wildman–Crippen LogP) is 3.59. The van der Waals surface area contributed by atoms with Gasteiger partial charge in [0.25, 0.3) is 0 Å². The van der Waals surface area contributed by atoms with Gasteiger partial charge >= 0.3 is 0 Å². The summed E-state index contributed by atoms with van der Waals surface area (Å²) in [6, 6.07) is 1.89. The fourth-order valence-electron chi connectivity index (χ4n) is 1.62. The maximum atomic E-state index is 9.80. The van der Waals surface area contributed by atoms with Crippen LogP contribution >= 0.6 is 0 Å². The van der Waals surface area contributed by atoms with Gasteiger partial charge in [-0.15, -0.1) is 0 Å². The summed E-state index contributed by atoms with van der Waals surface area (Å²) in [6.07, 6.45) is 6.80. The Bertz CT molecular complexity index is 253. The first kappa shape index (κ1) is 11.3. The van der Waals surface area contributed by atoms with E-state index < -0.39 is 6.10 Å².